The fraction of sp³-hybridized carbons (Fsp3) is 0.350. The summed E-state index contributed by atoms with van der Waals surface area (Å²) < 4.78 is 27.5. The standard InChI is InChI=1S/C20H25N3O6S/c1-3-5-6-7-12-17(24)21-15-10-8-9-11-16(15)30(28,29)23-18(25)20(22-19(26)27)13-14(20)4-2/h3-4,8-11,14,22H,1-2,5-7,12-13H2,(H,21,24)(H,23,25)(H,26,27)/t14-,20-/m1/s1. The lowest BCUT2D eigenvalue weighted by molar-refractivity contribution is -0.122. The van der Waals surface area contributed by atoms with Gasteiger partial charge in [-0.3, -0.25) is 9.59 Å². The summed E-state index contributed by atoms with van der Waals surface area (Å²) in [5, 5.41) is 13.6. The number of nitrogens with one attached hydrogen (secondary N) is 3. The molecule has 2 atom stereocenters. The van der Waals surface area contributed by atoms with Crippen LogP contribution in [-0.4, -0.2) is 37.0 Å². The van der Waals surface area contributed by atoms with Gasteiger partial charge in [-0.25, -0.2) is 17.9 Å². The molecule has 1 aliphatic rings. The second kappa shape index (κ2) is 9.57. The molecule has 0 aromatic heterocycles. The third-order valence-electron chi connectivity index (χ3n) is 4.77. The third-order valence-corrected chi connectivity index (χ3v) is 6.16. The van der Waals surface area contributed by atoms with Crippen LogP contribution in [0.15, 0.2) is 54.5 Å². The Hall–Kier alpha value is -3.14. The molecule has 0 spiro atoms. The summed E-state index contributed by atoms with van der Waals surface area (Å²) >= 11 is 0. The van der Waals surface area contributed by atoms with Gasteiger partial charge >= 0.3 is 6.09 Å². The summed E-state index contributed by atoms with van der Waals surface area (Å²) in [5.41, 5.74) is -1.55. The van der Waals surface area contributed by atoms with Gasteiger partial charge in [0.15, 0.2) is 0 Å². The van der Waals surface area contributed by atoms with Crippen LogP contribution in [0.1, 0.15) is 32.1 Å². The van der Waals surface area contributed by atoms with E-state index in [-0.39, 0.29) is 29.3 Å². The van der Waals surface area contributed by atoms with Gasteiger partial charge in [0.05, 0.1) is 5.69 Å². The van der Waals surface area contributed by atoms with Crippen LogP contribution in [0, 0.1) is 5.92 Å². The number of carbonyl (C=O) groups excluding carboxylic acids is 2. The molecule has 30 heavy (non-hydrogen) atoms. The number of unbranched alkanes of at least 4 members (excludes halogenated alkanes) is 2. The molecule has 1 saturated carbocycles. The van der Waals surface area contributed by atoms with Gasteiger partial charge in [0.1, 0.15) is 10.4 Å². The van der Waals surface area contributed by atoms with E-state index in [4.69, 9.17) is 5.11 Å². The Morgan fingerprint density at radius 1 is 1.20 bits per heavy atom. The number of amides is 3. The molecule has 1 aromatic rings. The van der Waals surface area contributed by atoms with Crippen molar-refractivity contribution in [2.45, 2.75) is 42.5 Å². The highest BCUT2D eigenvalue weighted by atomic mass is 32.2. The van der Waals surface area contributed by atoms with Crippen molar-refractivity contribution < 1.29 is 27.9 Å². The summed E-state index contributed by atoms with van der Waals surface area (Å²) in [5.74, 6) is -1.87. The zero-order valence-electron chi connectivity index (χ0n) is 16.4. The van der Waals surface area contributed by atoms with Crippen molar-refractivity contribution in [2.75, 3.05) is 5.32 Å². The Morgan fingerprint density at radius 3 is 2.50 bits per heavy atom. The van der Waals surface area contributed by atoms with Crippen molar-refractivity contribution in [1.82, 2.24) is 10.0 Å². The quantitative estimate of drug-likeness (QED) is 0.311. The Balaban J connectivity index is 2.15. The molecule has 9 nitrogen and oxygen atoms in total. The number of hydrogen-bond acceptors (Lipinski definition) is 5. The van der Waals surface area contributed by atoms with Gasteiger partial charge in [0, 0.05) is 12.3 Å². The lowest BCUT2D eigenvalue weighted by atomic mass is 10.2. The SMILES string of the molecule is C=CCCCCC(=O)Nc1ccccc1S(=O)(=O)NC(=O)[C@@]1(NC(=O)O)C[C@H]1C=C. The van der Waals surface area contributed by atoms with Gasteiger partial charge in [-0.2, -0.15) is 0 Å². The second-order valence-corrected chi connectivity index (χ2v) is 8.61. The highest BCUT2D eigenvalue weighted by Crippen LogP contribution is 2.44. The van der Waals surface area contributed by atoms with E-state index in [1.165, 1.54) is 24.3 Å². The smallest absolute Gasteiger partial charge is 0.405 e. The van der Waals surface area contributed by atoms with Crippen LogP contribution in [-0.2, 0) is 19.6 Å². The van der Waals surface area contributed by atoms with Crippen LogP contribution in [0.2, 0.25) is 0 Å². The van der Waals surface area contributed by atoms with Crippen molar-refractivity contribution in [3.63, 3.8) is 0 Å². The first-order valence-electron chi connectivity index (χ1n) is 9.37. The van der Waals surface area contributed by atoms with Gasteiger partial charge in [0.25, 0.3) is 15.9 Å². The molecule has 0 saturated heterocycles. The molecule has 4 N–H and O–H groups in total. The van der Waals surface area contributed by atoms with Crippen LogP contribution >= 0.6 is 0 Å². The van der Waals surface area contributed by atoms with E-state index >= 15 is 0 Å². The van der Waals surface area contributed by atoms with Gasteiger partial charge in [-0.1, -0.05) is 24.3 Å². The van der Waals surface area contributed by atoms with Crippen molar-refractivity contribution in [2.24, 2.45) is 5.92 Å². The zero-order chi connectivity index (χ0) is 22.4. The summed E-state index contributed by atoms with van der Waals surface area (Å²) in [6.07, 6.45) is 4.20. The molecule has 0 radical (unpaired) electrons. The number of para-hydroxylation sites is 1. The number of carboxylic acid groups (broad SMARTS) is 1. The lowest BCUT2D eigenvalue weighted by Gasteiger charge is -2.18. The molecule has 1 aliphatic carbocycles. The molecule has 0 heterocycles. The van der Waals surface area contributed by atoms with Crippen molar-refractivity contribution in [1.29, 1.82) is 0 Å². The maximum absolute atomic E-state index is 12.8. The number of sulfonamides is 1. The summed E-state index contributed by atoms with van der Waals surface area (Å²) in [6.45, 7) is 7.14. The molecule has 0 aliphatic heterocycles. The van der Waals surface area contributed by atoms with Crippen molar-refractivity contribution in [3.05, 3.63) is 49.6 Å². The topological polar surface area (TPSA) is 142 Å². The molecular formula is C20H25N3O6S. The molecule has 2 rings (SSSR count). The Bertz CT molecular complexity index is 959. The average Bonchev–Trinajstić information content (AvgIpc) is 3.39. The summed E-state index contributed by atoms with van der Waals surface area (Å²) in [7, 11) is -4.37. The molecule has 10 heteroatoms. The molecule has 1 fully saturated rings. The highest BCUT2D eigenvalue weighted by molar-refractivity contribution is 7.90. The maximum Gasteiger partial charge on any atom is 0.405 e. The van der Waals surface area contributed by atoms with Crippen LogP contribution in [0.5, 0.6) is 0 Å². The Kier molecular flexibility index (Phi) is 7.38. The van der Waals surface area contributed by atoms with E-state index in [1.54, 1.807) is 12.1 Å². The second-order valence-electron chi connectivity index (χ2n) is 6.96. The summed E-state index contributed by atoms with van der Waals surface area (Å²) in [6, 6.07) is 5.66. The molecular weight excluding hydrogens is 410 g/mol. The highest BCUT2D eigenvalue weighted by Gasteiger charge is 2.60. The fourth-order valence-electron chi connectivity index (χ4n) is 3.08. The van der Waals surface area contributed by atoms with Crippen LogP contribution < -0.4 is 15.4 Å². The maximum atomic E-state index is 12.8. The number of allylic oxidation sites excluding steroid dienone is 1. The third kappa shape index (κ3) is 5.47. The van der Waals surface area contributed by atoms with Crippen LogP contribution in [0.25, 0.3) is 0 Å². The first-order valence-corrected chi connectivity index (χ1v) is 10.9. The van der Waals surface area contributed by atoms with E-state index in [1.807, 2.05) is 4.72 Å². The zero-order valence-corrected chi connectivity index (χ0v) is 17.2. The van der Waals surface area contributed by atoms with Gasteiger partial charge in [-0.05, 0) is 37.8 Å². The number of hydrogen-bond donors (Lipinski definition) is 4. The molecule has 1 aromatic carbocycles. The minimum Gasteiger partial charge on any atom is -0.465 e. The van der Waals surface area contributed by atoms with E-state index in [0.717, 1.165) is 12.8 Å². The summed E-state index contributed by atoms with van der Waals surface area (Å²) in [4.78, 5) is 35.5. The van der Waals surface area contributed by atoms with Crippen molar-refractivity contribution >= 4 is 33.6 Å². The Morgan fingerprint density at radius 2 is 1.90 bits per heavy atom. The van der Waals surface area contributed by atoms with E-state index < -0.39 is 33.5 Å². The van der Waals surface area contributed by atoms with Crippen LogP contribution in [0.4, 0.5) is 10.5 Å². The van der Waals surface area contributed by atoms with Gasteiger partial charge < -0.3 is 15.7 Å². The number of benzene rings is 1. The molecule has 0 bridgehead atoms. The van der Waals surface area contributed by atoms with Gasteiger partial charge in [0.2, 0.25) is 5.91 Å². The minimum absolute atomic E-state index is 0.0304. The first kappa shape index (κ1) is 23.1. The minimum atomic E-state index is -4.37. The molecule has 0 unspecified atom stereocenters. The molecule has 162 valence electrons. The lowest BCUT2D eigenvalue weighted by Crippen LogP contribution is -2.51. The Labute approximate surface area is 175 Å². The number of rotatable bonds is 11. The normalized spacial score (nSPS) is 19.9. The number of carbonyl (C=O) groups is 3. The van der Waals surface area contributed by atoms with Crippen LogP contribution in [0.3, 0.4) is 0 Å². The monoisotopic (exact) mass is 435 g/mol. The fourth-order valence-corrected chi connectivity index (χ4v) is 4.29. The van der Waals surface area contributed by atoms with E-state index in [0.29, 0.717) is 6.42 Å². The largest absolute Gasteiger partial charge is 0.465 e. The predicted octanol–water partition coefficient (Wildman–Crippen LogP) is 2.39. The van der Waals surface area contributed by atoms with E-state index in [2.05, 4.69) is 23.8 Å². The van der Waals surface area contributed by atoms with Gasteiger partial charge in [-0.15, -0.1) is 13.2 Å². The van der Waals surface area contributed by atoms with Crippen molar-refractivity contribution in [3.8, 4) is 0 Å². The predicted molar refractivity (Wildman–Crippen MR) is 111 cm³/mol. The average molecular weight is 436 g/mol. The van der Waals surface area contributed by atoms with E-state index in [9.17, 15) is 22.8 Å². The first-order chi connectivity index (χ1) is 14.2. The number of anilines is 1. The molecule has 3 amide bonds.